The molecule has 0 amide bonds. The molecule has 0 spiro atoms. The molecule has 0 atom stereocenters. The molecule has 5 aromatic rings. The Morgan fingerprint density at radius 1 is 0.935 bits per heavy atom. The third-order valence-corrected chi connectivity index (χ3v) is 4.99. The lowest BCUT2D eigenvalue weighted by Crippen LogP contribution is -1.99. The van der Waals surface area contributed by atoms with Crippen LogP contribution in [0.1, 0.15) is 5.82 Å². The van der Waals surface area contributed by atoms with E-state index < -0.39 is 0 Å². The Morgan fingerprint density at radius 3 is 2.55 bits per heavy atom. The van der Waals surface area contributed by atoms with Gasteiger partial charge in [0.15, 0.2) is 0 Å². The van der Waals surface area contributed by atoms with Gasteiger partial charge in [-0.15, -0.1) is 0 Å². The fourth-order valence-corrected chi connectivity index (χ4v) is 3.44. The Balaban J connectivity index is 1.47. The van der Waals surface area contributed by atoms with Crippen molar-refractivity contribution in [3.8, 4) is 22.6 Å². The molecule has 0 aliphatic carbocycles. The molecular weight excluding hydrogens is 388 g/mol. The minimum absolute atomic E-state index is 0.534. The molecule has 3 aromatic carbocycles. The van der Waals surface area contributed by atoms with E-state index in [-0.39, 0.29) is 0 Å². The van der Waals surface area contributed by atoms with Gasteiger partial charge in [-0.25, -0.2) is 19.6 Å². The van der Waals surface area contributed by atoms with Crippen molar-refractivity contribution in [1.82, 2.24) is 24.7 Å². The Hall–Kier alpha value is -4.26. The standard InChI is InChI=1S/C24H20N6O/c1-16-26-15-30(29-16)20-11-9-19(10-12-20)27-24-25-14-18-6-4-8-22(23(18)28-24)17-5-3-7-21(13-17)31-2/h3-15H,1-2H3,(H,25,27,28). The lowest BCUT2D eigenvalue weighted by Gasteiger charge is -2.10. The van der Waals surface area contributed by atoms with Crippen LogP contribution in [0, 0.1) is 6.92 Å². The van der Waals surface area contributed by atoms with Gasteiger partial charge < -0.3 is 10.1 Å². The van der Waals surface area contributed by atoms with E-state index in [9.17, 15) is 0 Å². The summed E-state index contributed by atoms with van der Waals surface area (Å²) in [6, 6.07) is 21.9. The van der Waals surface area contributed by atoms with Gasteiger partial charge in [-0.2, -0.15) is 5.10 Å². The van der Waals surface area contributed by atoms with Gasteiger partial charge in [0.1, 0.15) is 17.9 Å². The van der Waals surface area contributed by atoms with E-state index >= 15 is 0 Å². The number of fused-ring (bicyclic) bond motifs is 1. The van der Waals surface area contributed by atoms with E-state index in [4.69, 9.17) is 9.72 Å². The number of nitrogens with one attached hydrogen (secondary N) is 1. The normalized spacial score (nSPS) is 10.9. The van der Waals surface area contributed by atoms with Crippen molar-refractivity contribution in [3.05, 3.63) is 85.1 Å². The first-order valence-corrected chi connectivity index (χ1v) is 9.85. The maximum atomic E-state index is 5.38. The third kappa shape index (κ3) is 3.81. The first kappa shape index (κ1) is 18.7. The van der Waals surface area contributed by atoms with Crippen LogP contribution >= 0.6 is 0 Å². The molecule has 0 saturated heterocycles. The predicted molar refractivity (Wildman–Crippen MR) is 121 cm³/mol. The van der Waals surface area contributed by atoms with Gasteiger partial charge in [0, 0.05) is 22.8 Å². The number of aromatic nitrogens is 5. The zero-order valence-corrected chi connectivity index (χ0v) is 17.1. The highest BCUT2D eigenvalue weighted by Crippen LogP contribution is 2.30. The smallest absolute Gasteiger partial charge is 0.227 e. The molecule has 2 heterocycles. The van der Waals surface area contributed by atoms with Crippen molar-refractivity contribution in [1.29, 1.82) is 0 Å². The Morgan fingerprint density at radius 2 is 1.77 bits per heavy atom. The fraction of sp³-hybridized carbons (Fsp3) is 0.0833. The molecule has 0 unspecified atom stereocenters. The van der Waals surface area contributed by atoms with E-state index in [1.807, 2.05) is 67.7 Å². The average Bonchev–Trinajstić information content (AvgIpc) is 3.25. The van der Waals surface area contributed by atoms with Crippen molar-refractivity contribution in [2.24, 2.45) is 0 Å². The topological polar surface area (TPSA) is 77.8 Å². The van der Waals surface area contributed by atoms with Crippen molar-refractivity contribution in [2.45, 2.75) is 6.92 Å². The lowest BCUT2D eigenvalue weighted by molar-refractivity contribution is 0.415. The summed E-state index contributed by atoms with van der Waals surface area (Å²) >= 11 is 0. The monoisotopic (exact) mass is 408 g/mol. The van der Waals surface area contributed by atoms with Crippen molar-refractivity contribution in [3.63, 3.8) is 0 Å². The largest absolute Gasteiger partial charge is 0.497 e. The first-order valence-electron chi connectivity index (χ1n) is 9.85. The van der Waals surface area contributed by atoms with E-state index in [0.717, 1.165) is 45.0 Å². The molecule has 0 saturated carbocycles. The minimum atomic E-state index is 0.534. The third-order valence-electron chi connectivity index (χ3n) is 4.99. The van der Waals surface area contributed by atoms with Crippen LogP contribution in [0.15, 0.2) is 79.3 Å². The Labute approximate surface area is 179 Å². The number of para-hydroxylation sites is 1. The number of benzene rings is 3. The number of anilines is 2. The van der Waals surface area contributed by atoms with Gasteiger partial charge in [-0.1, -0.05) is 30.3 Å². The molecule has 0 bridgehead atoms. The van der Waals surface area contributed by atoms with Crippen molar-refractivity contribution >= 4 is 22.5 Å². The molecule has 152 valence electrons. The molecule has 5 rings (SSSR count). The summed E-state index contributed by atoms with van der Waals surface area (Å²) < 4.78 is 7.12. The molecule has 2 aromatic heterocycles. The molecule has 7 heteroatoms. The quantitative estimate of drug-likeness (QED) is 0.444. The van der Waals surface area contributed by atoms with Gasteiger partial charge in [-0.3, -0.25) is 0 Å². The number of nitrogens with zero attached hydrogens (tertiary/aromatic N) is 5. The summed E-state index contributed by atoms with van der Waals surface area (Å²) in [6.45, 7) is 1.86. The first-order chi connectivity index (χ1) is 15.2. The van der Waals surface area contributed by atoms with Crippen LogP contribution in [-0.4, -0.2) is 31.8 Å². The van der Waals surface area contributed by atoms with Crippen LogP contribution in [0.3, 0.4) is 0 Å². The van der Waals surface area contributed by atoms with Gasteiger partial charge in [-0.05, 0) is 48.9 Å². The number of methoxy groups -OCH3 is 1. The van der Waals surface area contributed by atoms with Crippen LogP contribution in [-0.2, 0) is 0 Å². The van der Waals surface area contributed by atoms with Crippen LogP contribution < -0.4 is 10.1 Å². The summed E-state index contributed by atoms with van der Waals surface area (Å²) in [5.41, 5.74) is 4.77. The lowest BCUT2D eigenvalue weighted by atomic mass is 10.0. The van der Waals surface area contributed by atoms with Crippen molar-refractivity contribution in [2.75, 3.05) is 12.4 Å². The average molecular weight is 408 g/mol. The second-order valence-electron chi connectivity index (χ2n) is 7.08. The molecule has 7 nitrogen and oxygen atoms in total. The highest BCUT2D eigenvalue weighted by atomic mass is 16.5. The van der Waals surface area contributed by atoms with Crippen LogP contribution in [0.4, 0.5) is 11.6 Å². The van der Waals surface area contributed by atoms with Crippen molar-refractivity contribution < 1.29 is 4.74 Å². The fourth-order valence-electron chi connectivity index (χ4n) is 3.44. The number of hydrogen-bond donors (Lipinski definition) is 1. The number of hydrogen-bond acceptors (Lipinski definition) is 6. The highest BCUT2D eigenvalue weighted by molar-refractivity contribution is 5.94. The second kappa shape index (κ2) is 7.87. The highest BCUT2D eigenvalue weighted by Gasteiger charge is 2.09. The number of rotatable bonds is 5. The Kier molecular flexibility index (Phi) is 4.76. The predicted octanol–water partition coefficient (Wildman–Crippen LogP) is 4.94. The van der Waals surface area contributed by atoms with Gasteiger partial charge in [0.2, 0.25) is 5.95 Å². The van der Waals surface area contributed by atoms with Gasteiger partial charge in [0.05, 0.1) is 18.3 Å². The van der Waals surface area contributed by atoms with E-state index in [1.165, 1.54) is 0 Å². The molecule has 0 aliphatic rings. The maximum absolute atomic E-state index is 5.38. The molecular formula is C24H20N6O. The SMILES string of the molecule is COc1cccc(-c2cccc3cnc(Nc4ccc(-n5cnc(C)n5)cc4)nc23)c1. The van der Waals surface area contributed by atoms with Crippen LogP contribution in [0.5, 0.6) is 5.75 Å². The zero-order valence-electron chi connectivity index (χ0n) is 17.1. The molecule has 1 N–H and O–H groups in total. The number of aryl methyl sites for hydroxylation is 1. The van der Waals surface area contributed by atoms with Crippen LogP contribution in [0.2, 0.25) is 0 Å². The summed E-state index contributed by atoms with van der Waals surface area (Å²) in [6.07, 6.45) is 3.53. The minimum Gasteiger partial charge on any atom is -0.497 e. The zero-order chi connectivity index (χ0) is 21.2. The van der Waals surface area contributed by atoms with E-state index in [1.54, 1.807) is 18.1 Å². The maximum Gasteiger partial charge on any atom is 0.227 e. The molecule has 0 aliphatic heterocycles. The van der Waals surface area contributed by atoms with E-state index in [0.29, 0.717) is 5.95 Å². The summed E-state index contributed by atoms with van der Waals surface area (Å²) in [5, 5.41) is 8.59. The van der Waals surface area contributed by atoms with E-state index in [2.05, 4.69) is 32.5 Å². The molecule has 31 heavy (non-hydrogen) atoms. The van der Waals surface area contributed by atoms with Crippen LogP contribution in [0.25, 0.3) is 27.7 Å². The van der Waals surface area contributed by atoms with Gasteiger partial charge >= 0.3 is 0 Å². The Bertz CT molecular complexity index is 1360. The second-order valence-corrected chi connectivity index (χ2v) is 7.08. The summed E-state index contributed by atoms with van der Waals surface area (Å²) in [5.74, 6) is 2.08. The summed E-state index contributed by atoms with van der Waals surface area (Å²) in [4.78, 5) is 13.4. The number of ether oxygens (including phenoxy) is 1. The van der Waals surface area contributed by atoms with Gasteiger partial charge in [0.25, 0.3) is 0 Å². The summed E-state index contributed by atoms with van der Waals surface area (Å²) in [7, 11) is 1.67. The molecule has 0 radical (unpaired) electrons. The molecule has 0 fully saturated rings.